The van der Waals surface area contributed by atoms with Gasteiger partial charge in [0.05, 0.1) is 6.54 Å². The lowest BCUT2D eigenvalue weighted by Gasteiger charge is -2.15. The van der Waals surface area contributed by atoms with Crippen LogP contribution in [0.3, 0.4) is 0 Å². The number of H-pyrrole nitrogens is 1. The number of rotatable bonds is 6. The molecule has 0 amide bonds. The minimum Gasteiger partial charge on any atom is -0.385 e. The molecule has 2 heterocycles. The van der Waals surface area contributed by atoms with Crippen molar-refractivity contribution >= 4 is 11.6 Å². The topological polar surface area (TPSA) is 122 Å². The summed E-state index contributed by atoms with van der Waals surface area (Å²) in [4.78, 5) is 16.7. The molecule has 0 fully saturated rings. The van der Waals surface area contributed by atoms with Crippen LogP contribution in [0, 0.1) is 0 Å². The summed E-state index contributed by atoms with van der Waals surface area (Å²) in [5, 5.41) is 29.7. The summed E-state index contributed by atoms with van der Waals surface area (Å²) < 4.78 is 40.1. The normalized spacial score (nSPS) is 14.2. The van der Waals surface area contributed by atoms with Crippen LogP contribution in [-0.2, 0) is 13.1 Å². The lowest BCUT2D eigenvalue weighted by Crippen LogP contribution is -2.37. The predicted molar refractivity (Wildman–Crippen MR) is 95.1 cm³/mol. The van der Waals surface area contributed by atoms with Crippen LogP contribution in [-0.4, -0.2) is 52.0 Å². The van der Waals surface area contributed by atoms with Gasteiger partial charge in [0.25, 0.3) is 0 Å². The Morgan fingerprint density at radius 1 is 1.24 bits per heavy atom. The Morgan fingerprint density at radius 3 is 2.45 bits per heavy atom. The molecule has 13 heteroatoms. The molecule has 0 saturated carbocycles. The van der Waals surface area contributed by atoms with E-state index >= 15 is 0 Å². The Bertz CT molecular complexity index is 1040. The number of hydrogen-bond acceptors (Lipinski definition) is 6. The highest BCUT2D eigenvalue weighted by molar-refractivity contribution is 6.30. The first-order valence-corrected chi connectivity index (χ1v) is 8.71. The molecule has 2 aromatic heterocycles. The first-order valence-electron chi connectivity index (χ1n) is 8.34. The molecule has 0 aliphatic carbocycles. The summed E-state index contributed by atoms with van der Waals surface area (Å²) in [5.41, 5.74) is -0.546. The highest BCUT2D eigenvalue weighted by Gasteiger charge is 2.39. The van der Waals surface area contributed by atoms with Crippen LogP contribution < -0.4 is 5.69 Å². The summed E-state index contributed by atoms with van der Waals surface area (Å²) in [5.74, 6) is 0.190. The third-order valence-corrected chi connectivity index (χ3v) is 4.23. The Labute approximate surface area is 166 Å². The van der Waals surface area contributed by atoms with Gasteiger partial charge in [-0.3, -0.25) is 9.67 Å². The van der Waals surface area contributed by atoms with Crippen molar-refractivity contribution in [3.63, 3.8) is 0 Å². The molecule has 1 aromatic carbocycles. The molecule has 0 bridgehead atoms. The van der Waals surface area contributed by atoms with E-state index in [0.29, 0.717) is 10.6 Å². The molecule has 3 N–H and O–H groups in total. The lowest BCUT2D eigenvalue weighted by atomic mass is 10.2. The van der Waals surface area contributed by atoms with Crippen molar-refractivity contribution in [2.75, 3.05) is 0 Å². The number of benzene rings is 1. The number of nitrogens with one attached hydrogen (secondary N) is 1. The van der Waals surface area contributed by atoms with Crippen LogP contribution in [0.4, 0.5) is 13.2 Å². The number of halogens is 4. The molecule has 156 valence electrons. The van der Waals surface area contributed by atoms with Crippen LogP contribution in [0.5, 0.6) is 0 Å². The Hall–Kier alpha value is -2.70. The Kier molecular flexibility index (Phi) is 5.78. The minimum atomic E-state index is -4.91. The van der Waals surface area contributed by atoms with Gasteiger partial charge in [-0.15, -0.1) is 5.10 Å². The number of nitrogens with zero attached hydrogens (tertiary/aromatic N) is 5. The molecule has 2 atom stereocenters. The zero-order chi connectivity index (χ0) is 21.3. The molecule has 3 rings (SSSR count). The van der Waals surface area contributed by atoms with Gasteiger partial charge in [-0.2, -0.15) is 18.3 Å². The number of aromatic nitrogens is 6. The fraction of sp³-hybridized carbons (Fsp3) is 0.375. The molecule has 3 aromatic rings. The van der Waals surface area contributed by atoms with Gasteiger partial charge in [0.15, 0.2) is 17.8 Å². The Morgan fingerprint density at radius 2 is 1.90 bits per heavy atom. The maximum absolute atomic E-state index is 12.8. The second-order valence-corrected chi connectivity index (χ2v) is 6.69. The van der Waals surface area contributed by atoms with E-state index in [1.54, 1.807) is 0 Å². The summed E-state index contributed by atoms with van der Waals surface area (Å²) >= 11 is 5.83. The van der Waals surface area contributed by atoms with Gasteiger partial charge in [-0.25, -0.2) is 14.5 Å². The first kappa shape index (κ1) is 21.0. The van der Waals surface area contributed by atoms with Crippen molar-refractivity contribution in [2.24, 2.45) is 0 Å². The molecular formula is C16H16ClF3N6O3. The van der Waals surface area contributed by atoms with E-state index in [0.717, 1.165) is 9.25 Å². The fourth-order valence-electron chi connectivity index (χ4n) is 2.51. The van der Waals surface area contributed by atoms with Crippen LogP contribution in [0.15, 0.2) is 29.1 Å². The number of hydrogen-bond donors (Lipinski definition) is 3. The number of alkyl halides is 3. The molecule has 0 aliphatic rings. The summed E-state index contributed by atoms with van der Waals surface area (Å²) in [7, 11) is 0. The van der Waals surface area contributed by atoms with Crippen LogP contribution >= 0.6 is 11.6 Å². The molecule has 0 saturated heterocycles. The first-order chi connectivity index (χ1) is 13.6. The van der Waals surface area contributed by atoms with Gasteiger partial charge >= 0.3 is 11.9 Å². The van der Waals surface area contributed by atoms with Crippen molar-refractivity contribution in [3.8, 4) is 11.4 Å². The summed E-state index contributed by atoms with van der Waals surface area (Å²) in [6.07, 6.45) is -8.60. The maximum atomic E-state index is 12.8. The van der Waals surface area contributed by atoms with E-state index < -0.39 is 30.6 Å². The second kappa shape index (κ2) is 7.97. The molecule has 29 heavy (non-hydrogen) atoms. The highest BCUT2D eigenvalue weighted by Crippen LogP contribution is 2.24. The van der Waals surface area contributed by atoms with Gasteiger partial charge < -0.3 is 10.2 Å². The molecule has 0 unspecified atom stereocenters. The fourth-order valence-corrected chi connectivity index (χ4v) is 2.63. The van der Waals surface area contributed by atoms with Gasteiger partial charge in [-0.05, 0) is 31.2 Å². The van der Waals surface area contributed by atoms with E-state index in [9.17, 15) is 28.2 Å². The lowest BCUT2D eigenvalue weighted by molar-refractivity contribution is -0.207. The molecule has 0 spiro atoms. The van der Waals surface area contributed by atoms with Crippen LogP contribution in [0.25, 0.3) is 11.4 Å². The van der Waals surface area contributed by atoms with Gasteiger partial charge in [-0.1, -0.05) is 11.6 Å². The SMILES string of the molecule is C[C@H](O)c1n[nH]c(Cn2nc(-c3ccc(Cl)cc3)n(C[C@H](O)C(F)(F)F)c2=O)n1. The van der Waals surface area contributed by atoms with Crippen molar-refractivity contribution in [2.45, 2.75) is 38.4 Å². The van der Waals surface area contributed by atoms with Crippen molar-refractivity contribution in [1.82, 2.24) is 29.5 Å². The minimum absolute atomic E-state index is 0.0785. The zero-order valence-corrected chi connectivity index (χ0v) is 15.7. The average molecular weight is 433 g/mol. The smallest absolute Gasteiger partial charge is 0.385 e. The van der Waals surface area contributed by atoms with Crippen molar-refractivity contribution < 1.29 is 23.4 Å². The average Bonchev–Trinajstić information content (AvgIpc) is 3.22. The number of aliphatic hydroxyl groups excluding tert-OH is 2. The Balaban J connectivity index is 2.02. The third-order valence-electron chi connectivity index (χ3n) is 3.98. The van der Waals surface area contributed by atoms with Gasteiger partial charge in [0.1, 0.15) is 18.5 Å². The van der Waals surface area contributed by atoms with Gasteiger partial charge in [0, 0.05) is 10.6 Å². The quantitative estimate of drug-likeness (QED) is 0.542. The van der Waals surface area contributed by atoms with E-state index in [-0.39, 0.29) is 24.0 Å². The van der Waals surface area contributed by atoms with E-state index in [2.05, 4.69) is 20.3 Å². The number of aromatic amines is 1. The van der Waals surface area contributed by atoms with Crippen LogP contribution in [0.2, 0.25) is 5.02 Å². The zero-order valence-electron chi connectivity index (χ0n) is 14.9. The molecule has 9 nitrogen and oxygen atoms in total. The number of aliphatic hydroxyl groups is 2. The highest BCUT2D eigenvalue weighted by atomic mass is 35.5. The predicted octanol–water partition coefficient (Wildman–Crippen LogP) is 1.51. The van der Waals surface area contributed by atoms with Crippen LogP contribution in [0.1, 0.15) is 24.7 Å². The monoisotopic (exact) mass is 432 g/mol. The largest absolute Gasteiger partial charge is 0.416 e. The standard InChI is InChI=1S/C16H16ClF3N6O3/c1-8(27)13-21-12(22-23-13)7-26-15(29)25(6-11(28)16(18,19)20)14(24-26)9-2-4-10(17)5-3-9/h2-5,8,11,27-28H,6-7H2,1H3,(H,21,22,23)/t8-,11-/m0/s1. The van der Waals surface area contributed by atoms with E-state index in [1.165, 1.54) is 31.2 Å². The van der Waals surface area contributed by atoms with Gasteiger partial charge in [0.2, 0.25) is 0 Å². The molecule has 0 aliphatic heterocycles. The third kappa shape index (κ3) is 4.66. The second-order valence-electron chi connectivity index (χ2n) is 6.26. The maximum Gasteiger partial charge on any atom is 0.416 e. The summed E-state index contributed by atoms with van der Waals surface area (Å²) in [6, 6.07) is 5.97. The molecular weight excluding hydrogens is 417 g/mol. The van der Waals surface area contributed by atoms with E-state index in [4.69, 9.17) is 11.6 Å². The summed E-state index contributed by atoms with van der Waals surface area (Å²) in [6.45, 7) is 0.189. The molecule has 0 radical (unpaired) electrons. The van der Waals surface area contributed by atoms with E-state index in [1.807, 2.05) is 0 Å². The van der Waals surface area contributed by atoms with Crippen molar-refractivity contribution in [1.29, 1.82) is 0 Å². The van der Waals surface area contributed by atoms with Crippen molar-refractivity contribution in [3.05, 3.63) is 51.4 Å².